The van der Waals surface area contributed by atoms with Crippen LogP contribution in [0, 0.1) is 5.92 Å². The summed E-state index contributed by atoms with van der Waals surface area (Å²) in [4.78, 5) is 25.4. The summed E-state index contributed by atoms with van der Waals surface area (Å²) in [6.07, 6.45) is 5.01. The van der Waals surface area contributed by atoms with E-state index in [4.69, 9.17) is 0 Å². The Kier molecular flexibility index (Phi) is 5.80. The van der Waals surface area contributed by atoms with Gasteiger partial charge in [-0.25, -0.2) is 0 Å². The van der Waals surface area contributed by atoms with E-state index >= 15 is 0 Å². The molecular formula is C23H26O2. The quantitative estimate of drug-likeness (QED) is 0.666. The van der Waals surface area contributed by atoms with Gasteiger partial charge in [0, 0.05) is 30.2 Å². The van der Waals surface area contributed by atoms with E-state index in [-0.39, 0.29) is 17.6 Å². The van der Waals surface area contributed by atoms with Crippen LogP contribution in [-0.4, -0.2) is 11.6 Å². The van der Waals surface area contributed by atoms with Gasteiger partial charge in [0.1, 0.15) is 5.78 Å². The van der Waals surface area contributed by atoms with Crippen LogP contribution < -0.4 is 0 Å². The van der Waals surface area contributed by atoms with E-state index in [1.54, 1.807) is 0 Å². The molecule has 1 aliphatic carbocycles. The lowest BCUT2D eigenvalue weighted by Gasteiger charge is -2.29. The van der Waals surface area contributed by atoms with E-state index in [1.807, 2.05) is 42.5 Å². The van der Waals surface area contributed by atoms with E-state index in [1.165, 1.54) is 5.56 Å². The molecule has 0 spiro atoms. The molecule has 0 aromatic heterocycles. The molecule has 0 saturated heterocycles. The first-order valence-electron chi connectivity index (χ1n) is 9.39. The van der Waals surface area contributed by atoms with Crippen LogP contribution in [0.3, 0.4) is 0 Å². The maximum absolute atomic E-state index is 12.9. The minimum atomic E-state index is -0.0185. The Bertz CT molecular complexity index is 716. The highest BCUT2D eigenvalue weighted by Gasteiger charge is 2.32. The second kappa shape index (κ2) is 8.24. The first kappa shape index (κ1) is 17.6. The Labute approximate surface area is 150 Å². The summed E-state index contributed by atoms with van der Waals surface area (Å²) in [5.41, 5.74) is 3.10. The molecule has 0 bridgehead atoms. The van der Waals surface area contributed by atoms with Gasteiger partial charge in [-0.1, -0.05) is 67.9 Å². The fourth-order valence-electron chi connectivity index (χ4n) is 3.87. The molecule has 1 aliphatic rings. The first-order valence-corrected chi connectivity index (χ1v) is 9.39. The van der Waals surface area contributed by atoms with Gasteiger partial charge in [0.2, 0.25) is 0 Å². The molecule has 0 heterocycles. The molecular weight excluding hydrogens is 308 g/mol. The molecule has 2 heteroatoms. The molecule has 2 aromatic carbocycles. The fraction of sp³-hybridized carbons (Fsp3) is 0.391. The van der Waals surface area contributed by atoms with Crippen molar-refractivity contribution in [1.82, 2.24) is 0 Å². The second-order valence-corrected chi connectivity index (χ2v) is 7.01. The van der Waals surface area contributed by atoms with Crippen LogP contribution in [-0.2, 0) is 11.2 Å². The summed E-state index contributed by atoms with van der Waals surface area (Å²) < 4.78 is 0. The average Bonchev–Trinajstić information content (AvgIpc) is 2.67. The van der Waals surface area contributed by atoms with E-state index in [0.29, 0.717) is 18.6 Å². The Morgan fingerprint density at radius 2 is 1.76 bits per heavy atom. The largest absolute Gasteiger partial charge is 0.299 e. The fourth-order valence-corrected chi connectivity index (χ4v) is 3.87. The van der Waals surface area contributed by atoms with E-state index < -0.39 is 0 Å². The summed E-state index contributed by atoms with van der Waals surface area (Å²) in [6.45, 7) is 2.11. The Balaban J connectivity index is 1.83. The van der Waals surface area contributed by atoms with Crippen molar-refractivity contribution in [2.24, 2.45) is 5.92 Å². The minimum absolute atomic E-state index is 0.00708. The van der Waals surface area contributed by atoms with Crippen LogP contribution in [0.2, 0.25) is 0 Å². The van der Waals surface area contributed by atoms with Crippen molar-refractivity contribution in [1.29, 1.82) is 0 Å². The zero-order chi connectivity index (χ0) is 17.6. The second-order valence-electron chi connectivity index (χ2n) is 7.01. The number of hydrogen-bond donors (Lipinski definition) is 0. The first-order chi connectivity index (χ1) is 12.2. The molecule has 0 aliphatic heterocycles. The number of benzene rings is 2. The van der Waals surface area contributed by atoms with E-state index in [9.17, 15) is 9.59 Å². The molecule has 130 valence electrons. The number of rotatable bonds is 6. The third kappa shape index (κ3) is 4.25. The molecule has 1 fully saturated rings. The maximum Gasteiger partial charge on any atom is 0.163 e. The molecule has 0 N–H and O–H groups in total. The van der Waals surface area contributed by atoms with Crippen molar-refractivity contribution in [2.45, 2.75) is 51.4 Å². The number of hydrogen-bond acceptors (Lipinski definition) is 2. The summed E-state index contributed by atoms with van der Waals surface area (Å²) in [5, 5.41) is 0. The monoisotopic (exact) mass is 334 g/mol. The van der Waals surface area contributed by atoms with Crippen LogP contribution in [0.4, 0.5) is 0 Å². The maximum atomic E-state index is 12.9. The Morgan fingerprint density at radius 1 is 1.04 bits per heavy atom. The highest BCUT2D eigenvalue weighted by atomic mass is 16.1. The van der Waals surface area contributed by atoms with Gasteiger partial charge in [-0.2, -0.15) is 0 Å². The number of carbonyl (C=O) groups is 2. The molecule has 1 saturated carbocycles. The third-order valence-electron chi connectivity index (χ3n) is 5.40. The average molecular weight is 334 g/mol. The molecule has 2 unspecified atom stereocenters. The van der Waals surface area contributed by atoms with Gasteiger partial charge in [-0.3, -0.25) is 9.59 Å². The van der Waals surface area contributed by atoms with Crippen LogP contribution in [0.25, 0.3) is 0 Å². The van der Waals surface area contributed by atoms with Crippen LogP contribution in [0.5, 0.6) is 0 Å². The summed E-state index contributed by atoms with van der Waals surface area (Å²) in [7, 11) is 0. The third-order valence-corrected chi connectivity index (χ3v) is 5.40. The smallest absolute Gasteiger partial charge is 0.163 e. The van der Waals surface area contributed by atoms with Gasteiger partial charge in [0.15, 0.2) is 5.78 Å². The lowest BCUT2D eigenvalue weighted by atomic mass is 9.73. The number of Topliss-reactive ketones (excluding diaryl/α,β-unsaturated/α-hetero) is 2. The van der Waals surface area contributed by atoms with Gasteiger partial charge in [-0.15, -0.1) is 0 Å². The van der Waals surface area contributed by atoms with Crippen LogP contribution >= 0.6 is 0 Å². The molecule has 3 rings (SSSR count). The highest BCUT2D eigenvalue weighted by molar-refractivity contribution is 5.97. The predicted octanol–water partition coefficient (Wildman–Crippen LogP) is 5.36. The Hall–Kier alpha value is -2.22. The zero-order valence-corrected chi connectivity index (χ0v) is 14.9. The molecule has 2 aromatic rings. The minimum Gasteiger partial charge on any atom is -0.299 e. The van der Waals surface area contributed by atoms with Crippen molar-refractivity contribution in [3.63, 3.8) is 0 Å². The van der Waals surface area contributed by atoms with Gasteiger partial charge in [0.25, 0.3) is 0 Å². The molecule has 2 atom stereocenters. The van der Waals surface area contributed by atoms with Gasteiger partial charge in [-0.05, 0) is 30.4 Å². The zero-order valence-electron chi connectivity index (χ0n) is 14.9. The van der Waals surface area contributed by atoms with Crippen LogP contribution in [0.1, 0.15) is 66.4 Å². The van der Waals surface area contributed by atoms with Gasteiger partial charge >= 0.3 is 0 Å². The van der Waals surface area contributed by atoms with Gasteiger partial charge in [0.05, 0.1) is 0 Å². The highest BCUT2D eigenvalue weighted by Crippen LogP contribution is 2.37. The number of ketones is 2. The lowest BCUT2D eigenvalue weighted by Crippen LogP contribution is -2.27. The van der Waals surface area contributed by atoms with Crippen molar-refractivity contribution in [3.8, 4) is 0 Å². The predicted molar refractivity (Wildman–Crippen MR) is 101 cm³/mol. The summed E-state index contributed by atoms with van der Waals surface area (Å²) >= 11 is 0. The Morgan fingerprint density at radius 3 is 2.40 bits per heavy atom. The van der Waals surface area contributed by atoms with Crippen LogP contribution in [0.15, 0.2) is 54.6 Å². The standard InChI is InChI=1S/C23H26O2/c1-2-17-12-14-19(15-13-17)23(25)16-21(18-8-4-3-5-9-18)20-10-6-7-11-22(20)24/h3-5,8-9,12-15,20-21H,2,6-7,10-11,16H2,1H3. The number of carbonyl (C=O) groups excluding carboxylic acids is 2. The summed E-state index contributed by atoms with van der Waals surface area (Å²) in [5.74, 6) is 0.437. The van der Waals surface area contributed by atoms with E-state index in [2.05, 4.69) is 19.1 Å². The lowest BCUT2D eigenvalue weighted by molar-refractivity contribution is -0.125. The van der Waals surface area contributed by atoms with E-state index in [0.717, 1.165) is 36.8 Å². The van der Waals surface area contributed by atoms with Crippen molar-refractivity contribution >= 4 is 11.6 Å². The number of aryl methyl sites for hydroxylation is 1. The SMILES string of the molecule is CCc1ccc(C(=O)CC(c2ccccc2)C2CCCCC2=O)cc1. The molecule has 25 heavy (non-hydrogen) atoms. The molecule has 0 amide bonds. The van der Waals surface area contributed by atoms with Gasteiger partial charge < -0.3 is 0 Å². The molecule has 2 nitrogen and oxygen atoms in total. The van der Waals surface area contributed by atoms with Crippen molar-refractivity contribution < 1.29 is 9.59 Å². The summed E-state index contributed by atoms with van der Waals surface area (Å²) in [6, 6.07) is 18.0. The normalized spacial score (nSPS) is 18.8. The van der Waals surface area contributed by atoms with Crippen molar-refractivity contribution in [3.05, 3.63) is 71.3 Å². The molecule has 0 radical (unpaired) electrons. The topological polar surface area (TPSA) is 34.1 Å². The van der Waals surface area contributed by atoms with Crippen molar-refractivity contribution in [2.75, 3.05) is 0 Å².